The van der Waals surface area contributed by atoms with Crippen molar-refractivity contribution in [3.63, 3.8) is 0 Å². The fourth-order valence-corrected chi connectivity index (χ4v) is 2.90. The van der Waals surface area contributed by atoms with Gasteiger partial charge in [-0.2, -0.15) is 5.26 Å². The van der Waals surface area contributed by atoms with Gasteiger partial charge in [0.25, 0.3) is 0 Å². The van der Waals surface area contributed by atoms with E-state index in [1.807, 2.05) is 6.07 Å². The van der Waals surface area contributed by atoms with Gasteiger partial charge >= 0.3 is 0 Å². The molecular weight excluding hydrogens is 348 g/mol. The maximum absolute atomic E-state index is 12.0. The quantitative estimate of drug-likeness (QED) is 0.827. The molecule has 0 spiro atoms. The minimum Gasteiger partial charge on any atom is -0.324 e. The van der Waals surface area contributed by atoms with Crippen LogP contribution in [0.4, 0.5) is 10.7 Å². The van der Waals surface area contributed by atoms with Gasteiger partial charge < -0.3 is 10.6 Å². The Morgan fingerprint density at radius 2 is 1.88 bits per heavy atom. The largest absolute Gasteiger partial charge is 0.324 e. The monoisotopic (exact) mass is 362 g/mol. The van der Waals surface area contributed by atoms with E-state index in [1.165, 1.54) is 11.3 Å². The Morgan fingerprint density at radius 1 is 1.21 bits per heavy atom. The topological polar surface area (TPSA) is 85.2 Å². The number of para-hydroxylation sites is 1. The molecule has 0 unspecified atom stereocenters. The zero-order chi connectivity index (χ0) is 17.5. The van der Waals surface area contributed by atoms with Gasteiger partial charge in [0, 0.05) is 0 Å². The maximum atomic E-state index is 12.0. The fraction of sp³-hybridized carbons (Fsp3) is 0.188. The normalized spacial score (nSPS) is 10.2. The standard InChI is InChI=1S/C16H15ClN4O2S/c1-21(9-14(22)19-13-5-3-2-4-12(13)17)10-15(23)20-16-11(8-18)6-7-24-16/h2-7H,9-10H2,1H3,(H,19,22)(H,20,23). The van der Waals surface area contributed by atoms with Crippen molar-refractivity contribution in [3.05, 3.63) is 46.3 Å². The first kappa shape index (κ1) is 17.9. The average Bonchev–Trinajstić information content (AvgIpc) is 2.96. The predicted octanol–water partition coefficient (Wildman–Crippen LogP) is 2.78. The highest BCUT2D eigenvalue weighted by molar-refractivity contribution is 7.14. The molecule has 1 heterocycles. The van der Waals surface area contributed by atoms with Crippen LogP contribution in [0.2, 0.25) is 5.02 Å². The Morgan fingerprint density at radius 3 is 2.54 bits per heavy atom. The number of thiophene rings is 1. The Kier molecular flexibility index (Phi) is 6.32. The van der Waals surface area contributed by atoms with Crippen molar-refractivity contribution >= 4 is 45.4 Å². The third kappa shape index (κ3) is 5.06. The number of hydrogen-bond donors (Lipinski definition) is 2. The molecule has 0 aliphatic heterocycles. The van der Waals surface area contributed by atoms with Crippen LogP contribution in [0, 0.1) is 11.3 Å². The van der Waals surface area contributed by atoms with Crippen LogP contribution in [0.3, 0.4) is 0 Å². The highest BCUT2D eigenvalue weighted by Crippen LogP contribution is 2.22. The van der Waals surface area contributed by atoms with Gasteiger partial charge in [-0.3, -0.25) is 14.5 Å². The van der Waals surface area contributed by atoms with E-state index in [2.05, 4.69) is 10.6 Å². The van der Waals surface area contributed by atoms with Crippen LogP contribution < -0.4 is 10.6 Å². The lowest BCUT2D eigenvalue weighted by molar-refractivity contribution is -0.119. The first-order valence-electron chi connectivity index (χ1n) is 7.00. The number of likely N-dealkylation sites (N-methyl/N-ethyl adjacent to an activating group) is 1. The van der Waals surface area contributed by atoms with Crippen LogP contribution >= 0.6 is 22.9 Å². The number of carbonyl (C=O) groups is 2. The second-order valence-corrected chi connectivity index (χ2v) is 6.35. The van der Waals surface area contributed by atoms with E-state index < -0.39 is 0 Å². The van der Waals surface area contributed by atoms with E-state index in [-0.39, 0.29) is 24.9 Å². The van der Waals surface area contributed by atoms with Crippen molar-refractivity contribution in [3.8, 4) is 6.07 Å². The van der Waals surface area contributed by atoms with Gasteiger partial charge in [-0.05, 0) is 30.6 Å². The Balaban J connectivity index is 1.83. The molecule has 0 fully saturated rings. The maximum Gasteiger partial charge on any atom is 0.239 e. The smallest absolute Gasteiger partial charge is 0.239 e. The number of nitrogens with one attached hydrogen (secondary N) is 2. The Bertz CT molecular complexity index is 766. The molecular formula is C16H15ClN4O2S. The summed E-state index contributed by atoms with van der Waals surface area (Å²) in [5, 5.41) is 17.0. The van der Waals surface area contributed by atoms with Crippen molar-refractivity contribution in [2.24, 2.45) is 0 Å². The summed E-state index contributed by atoms with van der Waals surface area (Å²) in [6.07, 6.45) is 0. The first-order chi connectivity index (χ1) is 11.5. The van der Waals surface area contributed by atoms with Gasteiger partial charge in [0.05, 0.1) is 29.4 Å². The van der Waals surface area contributed by atoms with Gasteiger partial charge in [0.15, 0.2) is 0 Å². The Labute approximate surface area is 148 Å². The third-order valence-corrected chi connectivity index (χ3v) is 4.17. The summed E-state index contributed by atoms with van der Waals surface area (Å²) in [6.45, 7) is 0.0624. The summed E-state index contributed by atoms with van der Waals surface area (Å²) < 4.78 is 0. The molecule has 2 aromatic rings. The number of anilines is 2. The summed E-state index contributed by atoms with van der Waals surface area (Å²) in [6, 6.07) is 10.6. The molecule has 6 nitrogen and oxygen atoms in total. The SMILES string of the molecule is CN(CC(=O)Nc1ccccc1Cl)CC(=O)Nc1sccc1C#N. The van der Waals surface area contributed by atoms with Crippen molar-refractivity contribution in [1.82, 2.24) is 4.90 Å². The molecule has 1 aromatic carbocycles. The van der Waals surface area contributed by atoms with E-state index >= 15 is 0 Å². The van der Waals surface area contributed by atoms with Gasteiger partial charge in [-0.15, -0.1) is 11.3 Å². The van der Waals surface area contributed by atoms with Crippen LogP contribution in [-0.2, 0) is 9.59 Å². The second kappa shape index (κ2) is 8.45. The zero-order valence-electron chi connectivity index (χ0n) is 12.9. The van der Waals surface area contributed by atoms with Crippen molar-refractivity contribution in [2.75, 3.05) is 30.8 Å². The van der Waals surface area contributed by atoms with Crippen molar-refractivity contribution in [1.29, 1.82) is 5.26 Å². The number of hydrogen-bond acceptors (Lipinski definition) is 5. The van der Waals surface area contributed by atoms with Crippen LogP contribution in [0.25, 0.3) is 0 Å². The summed E-state index contributed by atoms with van der Waals surface area (Å²) >= 11 is 7.26. The zero-order valence-corrected chi connectivity index (χ0v) is 14.4. The van der Waals surface area contributed by atoms with E-state index in [0.29, 0.717) is 21.3 Å². The fourth-order valence-electron chi connectivity index (χ4n) is 1.96. The molecule has 2 rings (SSSR count). The summed E-state index contributed by atoms with van der Waals surface area (Å²) in [7, 11) is 1.66. The number of benzene rings is 1. The second-order valence-electron chi connectivity index (χ2n) is 5.02. The number of rotatable bonds is 6. The molecule has 24 heavy (non-hydrogen) atoms. The summed E-state index contributed by atoms with van der Waals surface area (Å²) in [4.78, 5) is 25.5. The average molecular weight is 363 g/mol. The van der Waals surface area contributed by atoms with Crippen molar-refractivity contribution < 1.29 is 9.59 Å². The number of carbonyl (C=O) groups excluding carboxylic acids is 2. The molecule has 0 saturated heterocycles. The lowest BCUT2D eigenvalue weighted by atomic mass is 10.3. The predicted molar refractivity (Wildman–Crippen MR) is 95.2 cm³/mol. The lowest BCUT2D eigenvalue weighted by Crippen LogP contribution is -2.36. The summed E-state index contributed by atoms with van der Waals surface area (Å²) in [5.41, 5.74) is 0.951. The molecule has 0 bridgehead atoms. The van der Waals surface area contributed by atoms with Crippen LogP contribution in [0.5, 0.6) is 0 Å². The van der Waals surface area contributed by atoms with E-state index in [9.17, 15) is 9.59 Å². The highest BCUT2D eigenvalue weighted by atomic mass is 35.5. The molecule has 0 radical (unpaired) electrons. The molecule has 0 saturated carbocycles. The number of amides is 2. The minimum atomic E-state index is -0.290. The lowest BCUT2D eigenvalue weighted by Gasteiger charge is -2.16. The molecule has 2 N–H and O–H groups in total. The van der Waals surface area contributed by atoms with E-state index in [0.717, 1.165) is 0 Å². The molecule has 124 valence electrons. The van der Waals surface area contributed by atoms with Gasteiger partial charge in [0.2, 0.25) is 11.8 Å². The molecule has 8 heteroatoms. The van der Waals surface area contributed by atoms with Gasteiger partial charge in [0.1, 0.15) is 11.1 Å². The molecule has 0 atom stereocenters. The van der Waals surface area contributed by atoms with Gasteiger partial charge in [-0.25, -0.2) is 0 Å². The Hall–Kier alpha value is -2.40. The minimum absolute atomic E-state index is 0.0265. The number of nitriles is 1. The van der Waals surface area contributed by atoms with Crippen LogP contribution in [0.15, 0.2) is 35.7 Å². The third-order valence-electron chi connectivity index (χ3n) is 3.01. The highest BCUT2D eigenvalue weighted by Gasteiger charge is 2.13. The van der Waals surface area contributed by atoms with Crippen LogP contribution in [-0.4, -0.2) is 36.9 Å². The first-order valence-corrected chi connectivity index (χ1v) is 8.25. The van der Waals surface area contributed by atoms with Crippen molar-refractivity contribution in [2.45, 2.75) is 0 Å². The molecule has 0 aliphatic carbocycles. The van der Waals surface area contributed by atoms with Gasteiger partial charge in [-0.1, -0.05) is 23.7 Å². The molecule has 1 aromatic heterocycles. The number of nitrogens with zero attached hydrogens (tertiary/aromatic N) is 2. The molecule has 2 amide bonds. The van der Waals surface area contributed by atoms with E-state index in [1.54, 1.807) is 47.7 Å². The number of halogens is 1. The van der Waals surface area contributed by atoms with Crippen LogP contribution in [0.1, 0.15) is 5.56 Å². The molecule has 0 aliphatic rings. The van der Waals surface area contributed by atoms with E-state index in [4.69, 9.17) is 16.9 Å². The summed E-state index contributed by atoms with van der Waals surface area (Å²) in [5.74, 6) is -0.561.